The Kier molecular flexibility index (Phi) is 2.73. The van der Waals surface area contributed by atoms with E-state index in [1.54, 1.807) is 23.6 Å². The minimum absolute atomic E-state index is 0.255. The largest absolute Gasteiger partial charge is 0.364 e. The van der Waals surface area contributed by atoms with E-state index in [1.807, 2.05) is 17.5 Å². The lowest BCUT2D eigenvalue weighted by Crippen LogP contribution is -2.16. The van der Waals surface area contributed by atoms with Gasteiger partial charge in [0, 0.05) is 17.5 Å². The second-order valence-electron chi connectivity index (χ2n) is 3.03. The van der Waals surface area contributed by atoms with E-state index in [0.29, 0.717) is 6.42 Å². The third kappa shape index (κ3) is 2.19. The Morgan fingerprint density at radius 3 is 3.00 bits per heavy atom. The van der Waals surface area contributed by atoms with Gasteiger partial charge >= 0.3 is 0 Å². The molecule has 4 nitrogen and oxygen atoms in total. The first-order valence-corrected chi connectivity index (χ1v) is 5.28. The van der Waals surface area contributed by atoms with Crippen LogP contribution in [0.2, 0.25) is 0 Å². The summed E-state index contributed by atoms with van der Waals surface area (Å²) < 4.78 is 0. The van der Waals surface area contributed by atoms with E-state index in [9.17, 15) is 4.79 Å². The zero-order valence-corrected chi connectivity index (χ0v) is 8.70. The SMILES string of the molecule is NC(=O)c1nnccc1Cc1cccs1. The van der Waals surface area contributed by atoms with Crippen molar-refractivity contribution in [3.63, 3.8) is 0 Å². The average molecular weight is 219 g/mol. The maximum Gasteiger partial charge on any atom is 0.269 e. The number of carbonyl (C=O) groups is 1. The lowest BCUT2D eigenvalue weighted by molar-refractivity contribution is 0.0993. The summed E-state index contributed by atoms with van der Waals surface area (Å²) in [6.07, 6.45) is 2.24. The van der Waals surface area contributed by atoms with E-state index in [4.69, 9.17) is 5.73 Å². The Hall–Kier alpha value is -1.75. The van der Waals surface area contributed by atoms with E-state index in [1.165, 1.54) is 4.88 Å². The van der Waals surface area contributed by atoms with E-state index in [-0.39, 0.29) is 5.69 Å². The van der Waals surface area contributed by atoms with Gasteiger partial charge in [0.2, 0.25) is 0 Å². The van der Waals surface area contributed by atoms with E-state index >= 15 is 0 Å². The van der Waals surface area contributed by atoms with E-state index in [2.05, 4.69) is 10.2 Å². The first-order chi connectivity index (χ1) is 7.27. The summed E-state index contributed by atoms with van der Waals surface area (Å²) in [5.74, 6) is -0.533. The predicted molar refractivity (Wildman–Crippen MR) is 57.7 cm³/mol. The van der Waals surface area contributed by atoms with Crippen LogP contribution in [-0.4, -0.2) is 16.1 Å². The fraction of sp³-hybridized carbons (Fsp3) is 0.100. The summed E-state index contributed by atoms with van der Waals surface area (Å²) in [7, 11) is 0. The summed E-state index contributed by atoms with van der Waals surface area (Å²) in [5, 5.41) is 9.38. The quantitative estimate of drug-likeness (QED) is 0.844. The summed E-state index contributed by atoms with van der Waals surface area (Å²) in [6, 6.07) is 5.75. The molecule has 2 rings (SSSR count). The molecule has 15 heavy (non-hydrogen) atoms. The van der Waals surface area contributed by atoms with Crippen molar-refractivity contribution >= 4 is 17.2 Å². The number of thiophene rings is 1. The number of carbonyl (C=O) groups excluding carboxylic acids is 1. The molecule has 0 fully saturated rings. The van der Waals surface area contributed by atoms with Gasteiger partial charge in [-0.2, -0.15) is 5.10 Å². The smallest absolute Gasteiger partial charge is 0.269 e. The predicted octanol–water partition coefficient (Wildman–Crippen LogP) is 1.23. The molecular weight excluding hydrogens is 210 g/mol. The van der Waals surface area contributed by atoms with Crippen LogP contribution in [0.1, 0.15) is 20.9 Å². The normalized spacial score (nSPS) is 10.1. The van der Waals surface area contributed by atoms with Crippen molar-refractivity contribution < 1.29 is 4.79 Å². The number of rotatable bonds is 3. The topological polar surface area (TPSA) is 68.9 Å². The van der Waals surface area contributed by atoms with Gasteiger partial charge in [-0.3, -0.25) is 4.79 Å². The fourth-order valence-corrected chi connectivity index (χ4v) is 2.04. The van der Waals surface area contributed by atoms with Crippen LogP contribution in [0.3, 0.4) is 0 Å². The highest BCUT2D eigenvalue weighted by molar-refractivity contribution is 7.09. The molecule has 2 aromatic rings. The highest BCUT2D eigenvalue weighted by Gasteiger charge is 2.10. The zero-order chi connectivity index (χ0) is 10.7. The molecule has 0 aliphatic carbocycles. The van der Waals surface area contributed by atoms with Crippen molar-refractivity contribution in [2.24, 2.45) is 5.73 Å². The molecule has 0 saturated carbocycles. The fourth-order valence-electron chi connectivity index (χ4n) is 1.31. The van der Waals surface area contributed by atoms with Crippen LogP contribution in [0, 0.1) is 0 Å². The van der Waals surface area contributed by atoms with E-state index in [0.717, 1.165) is 5.56 Å². The van der Waals surface area contributed by atoms with Crippen molar-refractivity contribution in [2.75, 3.05) is 0 Å². The Morgan fingerprint density at radius 2 is 2.33 bits per heavy atom. The summed E-state index contributed by atoms with van der Waals surface area (Å²) >= 11 is 1.64. The van der Waals surface area contributed by atoms with Gasteiger partial charge in [0.15, 0.2) is 5.69 Å². The lowest BCUT2D eigenvalue weighted by atomic mass is 10.1. The molecule has 0 saturated heterocycles. The number of nitrogens with zero attached hydrogens (tertiary/aromatic N) is 2. The molecule has 0 unspecified atom stereocenters. The van der Waals surface area contributed by atoms with Crippen LogP contribution in [-0.2, 0) is 6.42 Å². The highest BCUT2D eigenvalue weighted by atomic mass is 32.1. The van der Waals surface area contributed by atoms with Crippen LogP contribution >= 0.6 is 11.3 Å². The summed E-state index contributed by atoms with van der Waals surface area (Å²) in [6.45, 7) is 0. The molecule has 0 atom stereocenters. The van der Waals surface area contributed by atoms with Crippen LogP contribution in [0.25, 0.3) is 0 Å². The number of nitrogens with two attached hydrogens (primary N) is 1. The molecule has 0 aromatic carbocycles. The molecule has 1 amide bonds. The van der Waals surface area contributed by atoms with Crippen LogP contribution in [0.15, 0.2) is 29.8 Å². The van der Waals surface area contributed by atoms with Crippen molar-refractivity contribution in [3.8, 4) is 0 Å². The molecule has 2 N–H and O–H groups in total. The Labute approximate surface area is 90.8 Å². The van der Waals surface area contributed by atoms with Gasteiger partial charge in [-0.05, 0) is 23.1 Å². The van der Waals surface area contributed by atoms with Gasteiger partial charge in [0.25, 0.3) is 5.91 Å². The van der Waals surface area contributed by atoms with Crippen molar-refractivity contribution in [1.29, 1.82) is 0 Å². The molecule has 2 aromatic heterocycles. The molecule has 2 heterocycles. The molecule has 76 valence electrons. The van der Waals surface area contributed by atoms with Gasteiger partial charge in [-0.15, -0.1) is 16.4 Å². The molecule has 5 heteroatoms. The summed E-state index contributed by atoms with van der Waals surface area (Å²) in [5.41, 5.74) is 6.28. The first kappa shape index (κ1) is 9.79. The zero-order valence-electron chi connectivity index (χ0n) is 7.88. The molecule has 0 aliphatic rings. The van der Waals surface area contributed by atoms with Crippen molar-refractivity contribution in [1.82, 2.24) is 10.2 Å². The molecule has 0 aliphatic heterocycles. The van der Waals surface area contributed by atoms with Crippen LogP contribution in [0.5, 0.6) is 0 Å². The Bertz CT molecular complexity index is 467. The number of primary amides is 1. The molecule has 0 bridgehead atoms. The maximum absolute atomic E-state index is 11.1. The van der Waals surface area contributed by atoms with Gasteiger partial charge in [-0.25, -0.2) is 0 Å². The van der Waals surface area contributed by atoms with Gasteiger partial charge < -0.3 is 5.73 Å². The molecule has 0 radical (unpaired) electrons. The number of hydrogen-bond acceptors (Lipinski definition) is 4. The van der Waals surface area contributed by atoms with Crippen LogP contribution < -0.4 is 5.73 Å². The minimum atomic E-state index is -0.533. The number of hydrogen-bond donors (Lipinski definition) is 1. The lowest BCUT2D eigenvalue weighted by Gasteiger charge is -2.02. The minimum Gasteiger partial charge on any atom is -0.364 e. The van der Waals surface area contributed by atoms with Crippen LogP contribution in [0.4, 0.5) is 0 Å². The highest BCUT2D eigenvalue weighted by Crippen LogP contribution is 2.15. The molecule has 0 spiro atoms. The summed E-state index contributed by atoms with van der Waals surface area (Å²) in [4.78, 5) is 12.2. The van der Waals surface area contributed by atoms with E-state index < -0.39 is 5.91 Å². The Balaban J connectivity index is 2.32. The number of aromatic nitrogens is 2. The van der Waals surface area contributed by atoms with Crippen molar-refractivity contribution in [3.05, 3.63) is 45.9 Å². The van der Waals surface area contributed by atoms with Crippen molar-refractivity contribution in [2.45, 2.75) is 6.42 Å². The standard InChI is InChI=1S/C10H9N3OS/c11-10(14)9-7(3-4-12-13-9)6-8-2-1-5-15-8/h1-5H,6H2,(H2,11,14). The third-order valence-electron chi connectivity index (χ3n) is 1.98. The van der Waals surface area contributed by atoms with Gasteiger partial charge in [0.1, 0.15) is 0 Å². The Morgan fingerprint density at radius 1 is 1.47 bits per heavy atom. The second kappa shape index (κ2) is 4.18. The monoisotopic (exact) mass is 219 g/mol. The average Bonchev–Trinajstić information content (AvgIpc) is 2.71. The first-order valence-electron chi connectivity index (χ1n) is 4.40. The van der Waals surface area contributed by atoms with Gasteiger partial charge in [-0.1, -0.05) is 6.07 Å². The maximum atomic E-state index is 11.1. The second-order valence-corrected chi connectivity index (χ2v) is 4.06. The van der Waals surface area contributed by atoms with Gasteiger partial charge in [0.05, 0.1) is 0 Å². The third-order valence-corrected chi connectivity index (χ3v) is 2.86. The molecular formula is C10H9N3OS. The number of amides is 1.